The molecule has 2 aromatic heterocycles. The molecule has 0 bridgehead atoms. The summed E-state index contributed by atoms with van der Waals surface area (Å²) in [5.41, 5.74) is 1.50. The van der Waals surface area contributed by atoms with Crippen LogP contribution in [0.5, 0.6) is 0 Å². The Labute approximate surface area is 101 Å². The molecule has 6 nitrogen and oxygen atoms in total. The molecule has 0 atom stereocenters. The highest BCUT2D eigenvalue weighted by molar-refractivity contribution is 7.85. The Bertz CT molecular complexity index is 560. The van der Waals surface area contributed by atoms with Crippen LogP contribution in [0.1, 0.15) is 0 Å². The van der Waals surface area contributed by atoms with E-state index in [1.807, 2.05) is 0 Å². The first kappa shape index (κ1) is 10.5. The first-order valence-corrected chi connectivity index (χ1v) is 6.84. The predicted molar refractivity (Wildman–Crippen MR) is 65.2 cm³/mol. The Kier molecular flexibility index (Phi) is 2.68. The van der Waals surface area contributed by atoms with Crippen LogP contribution >= 0.6 is 0 Å². The van der Waals surface area contributed by atoms with Gasteiger partial charge in [-0.2, -0.15) is 0 Å². The molecule has 1 fully saturated rings. The molecule has 1 aliphatic heterocycles. The lowest BCUT2D eigenvalue weighted by atomic mass is 10.3. The molecular weight excluding hydrogens is 238 g/mol. The maximum Gasteiger partial charge on any atom is 0.158 e. The largest absolute Gasteiger partial charge is 0.353 e. The summed E-state index contributed by atoms with van der Waals surface area (Å²) >= 11 is 0. The minimum absolute atomic E-state index is 0.686. The second kappa shape index (κ2) is 4.33. The normalized spacial score (nSPS) is 17.5. The van der Waals surface area contributed by atoms with Crippen LogP contribution in [-0.2, 0) is 10.8 Å². The Hall–Kier alpha value is -1.63. The minimum Gasteiger partial charge on any atom is -0.353 e. The van der Waals surface area contributed by atoms with E-state index >= 15 is 0 Å². The number of anilines is 1. The van der Waals surface area contributed by atoms with Gasteiger partial charge in [0, 0.05) is 35.4 Å². The van der Waals surface area contributed by atoms with Gasteiger partial charge in [-0.05, 0) is 0 Å². The molecule has 3 heterocycles. The summed E-state index contributed by atoms with van der Waals surface area (Å²) in [5.74, 6) is 2.20. The van der Waals surface area contributed by atoms with Crippen molar-refractivity contribution in [3.63, 3.8) is 0 Å². The smallest absolute Gasteiger partial charge is 0.158 e. The van der Waals surface area contributed by atoms with E-state index in [2.05, 4.69) is 24.8 Å². The Morgan fingerprint density at radius 3 is 2.76 bits per heavy atom. The molecule has 1 saturated heterocycles. The van der Waals surface area contributed by atoms with Gasteiger partial charge in [0.05, 0.1) is 6.20 Å². The lowest BCUT2D eigenvalue weighted by molar-refractivity contribution is 0.672. The van der Waals surface area contributed by atoms with E-state index < -0.39 is 10.8 Å². The highest BCUT2D eigenvalue weighted by Crippen LogP contribution is 2.20. The van der Waals surface area contributed by atoms with Gasteiger partial charge < -0.3 is 4.90 Å². The van der Waals surface area contributed by atoms with Crippen molar-refractivity contribution in [3.05, 3.63) is 18.9 Å². The fraction of sp³-hybridized carbons (Fsp3) is 0.400. The maximum atomic E-state index is 11.3. The summed E-state index contributed by atoms with van der Waals surface area (Å²) in [5, 5.41) is 0. The van der Waals surface area contributed by atoms with Gasteiger partial charge in [-0.15, -0.1) is 0 Å². The van der Waals surface area contributed by atoms with Gasteiger partial charge in [-0.3, -0.25) is 4.21 Å². The standard InChI is InChI=1S/C10H11N5OS/c16-17-3-1-15(2-4-17)10-9-8(12-7-14-10)5-11-6-13-9/h5-7H,1-4H2. The molecule has 17 heavy (non-hydrogen) atoms. The molecule has 7 heteroatoms. The zero-order chi connectivity index (χ0) is 11.7. The lowest BCUT2D eigenvalue weighted by Crippen LogP contribution is -2.38. The third-order valence-electron chi connectivity index (χ3n) is 2.76. The van der Waals surface area contributed by atoms with Crippen molar-refractivity contribution in [2.24, 2.45) is 0 Å². The summed E-state index contributed by atoms with van der Waals surface area (Å²) in [6.07, 6.45) is 4.69. The molecular formula is C10H11N5OS. The molecule has 0 saturated carbocycles. The molecule has 1 aliphatic rings. The molecule has 0 spiro atoms. The summed E-state index contributed by atoms with van der Waals surface area (Å²) in [4.78, 5) is 18.7. The summed E-state index contributed by atoms with van der Waals surface area (Å²) in [7, 11) is -0.686. The van der Waals surface area contributed by atoms with E-state index in [0.717, 1.165) is 29.9 Å². The Morgan fingerprint density at radius 1 is 1.12 bits per heavy atom. The summed E-state index contributed by atoms with van der Waals surface area (Å²) in [6, 6.07) is 0. The maximum absolute atomic E-state index is 11.3. The quantitative estimate of drug-likeness (QED) is 0.708. The van der Waals surface area contributed by atoms with Crippen molar-refractivity contribution in [2.45, 2.75) is 0 Å². The number of rotatable bonds is 1. The van der Waals surface area contributed by atoms with E-state index in [0.29, 0.717) is 11.5 Å². The summed E-state index contributed by atoms with van der Waals surface area (Å²) in [6.45, 7) is 1.51. The molecule has 0 aromatic carbocycles. The lowest BCUT2D eigenvalue weighted by Gasteiger charge is -2.27. The molecule has 88 valence electrons. The third kappa shape index (κ3) is 1.97. The number of hydrogen-bond acceptors (Lipinski definition) is 6. The number of hydrogen-bond donors (Lipinski definition) is 0. The van der Waals surface area contributed by atoms with Crippen molar-refractivity contribution < 1.29 is 4.21 Å². The van der Waals surface area contributed by atoms with Gasteiger partial charge in [0.25, 0.3) is 0 Å². The van der Waals surface area contributed by atoms with Gasteiger partial charge in [-0.1, -0.05) is 0 Å². The topological polar surface area (TPSA) is 71.9 Å². The van der Waals surface area contributed by atoms with Crippen LogP contribution in [0.3, 0.4) is 0 Å². The molecule has 3 rings (SSSR count). The average molecular weight is 249 g/mol. The molecule has 0 amide bonds. The SMILES string of the molecule is O=S1CCN(c2ncnc3cncnc23)CC1. The monoisotopic (exact) mass is 249 g/mol. The van der Waals surface area contributed by atoms with E-state index in [1.165, 1.54) is 12.7 Å². The van der Waals surface area contributed by atoms with Gasteiger partial charge in [0.2, 0.25) is 0 Å². The van der Waals surface area contributed by atoms with Gasteiger partial charge in [-0.25, -0.2) is 19.9 Å². The fourth-order valence-corrected chi connectivity index (χ4v) is 2.93. The zero-order valence-electron chi connectivity index (χ0n) is 9.11. The Morgan fingerprint density at radius 2 is 1.94 bits per heavy atom. The van der Waals surface area contributed by atoms with Crippen LogP contribution < -0.4 is 4.90 Å². The van der Waals surface area contributed by atoms with E-state index in [9.17, 15) is 4.21 Å². The second-order valence-electron chi connectivity index (χ2n) is 3.79. The molecule has 0 radical (unpaired) electrons. The van der Waals surface area contributed by atoms with Crippen LogP contribution in [0.15, 0.2) is 18.9 Å². The third-order valence-corrected chi connectivity index (χ3v) is 4.03. The average Bonchev–Trinajstić information content (AvgIpc) is 2.39. The molecule has 2 aromatic rings. The summed E-state index contributed by atoms with van der Waals surface area (Å²) < 4.78 is 11.3. The highest BCUT2D eigenvalue weighted by Gasteiger charge is 2.19. The zero-order valence-corrected chi connectivity index (χ0v) is 9.93. The Balaban J connectivity index is 2.02. The highest BCUT2D eigenvalue weighted by atomic mass is 32.2. The molecule has 0 unspecified atom stereocenters. The number of fused-ring (bicyclic) bond motifs is 1. The van der Waals surface area contributed by atoms with Crippen molar-refractivity contribution >= 4 is 27.7 Å². The predicted octanol–water partition coefficient (Wildman–Crippen LogP) is -0.0115. The number of aromatic nitrogens is 4. The number of nitrogens with zero attached hydrogens (tertiary/aromatic N) is 5. The van der Waals surface area contributed by atoms with Crippen LogP contribution in [0.25, 0.3) is 11.0 Å². The van der Waals surface area contributed by atoms with Gasteiger partial charge >= 0.3 is 0 Å². The van der Waals surface area contributed by atoms with Crippen molar-refractivity contribution in [2.75, 3.05) is 29.5 Å². The van der Waals surface area contributed by atoms with E-state index in [1.54, 1.807) is 6.20 Å². The van der Waals surface area contributed by atoms with Gasteiger partial charge in [0.15, 0.2) is 5.82 Å². The minimum atomic E-state index is -0.686. The van der Waals surface area contributed by atoms with E-state index in [4.69, 9.17) is 0 Å². The van der Waals surface area contributed by atoms with Crippen LogP contribution in [0.4, 0.5) is 5.82 Å². The fourth-order valence-electron chi connectivity index (χ4n) is 1.88. The first-order chi connectivity index (χ1) is 8.34. The van der Waals surface area contributed by atoms with E-state index in [-0.39, 0.29) is 0 Å². The van der Waals surface area contributed by atoms with Crippen molar-refractivity contribution in [3.8, 4) is 0 Å². The van der Waals surface area contributed by atoms with Crippen LogP contribution in [0, 0.1) is 0 Å². The second-order valence-corrected chi connectivity index (χ2v) is 5.49. The van der Waals surface area contributed by atoms with Gasteiger partial charge in [0.1, 0.15) is 23.7 Å². The molecule has 0 N–H and O–H groups in total. The van der Waals surface area contributed by atoms with Crippen LogP contribution in [0.2, 0.25) is 0 Å². The van der Waals surface area contributed by atoms with Crippen molar-refractivity contribution in [1.29, 1.82) is 0 Å². The van der Waals surface area contributed by atoms with Crippen LogP contribution in [-0.4, -0.2) is 48.7 Å². The van der Waals surface area contributed by atoms with Crippen molar-refractivity contribution in [1.82, 2.24) is 19.9 Å². The molecule has 0 aliphatic carbocycles. The first-order valence-electron chi connectivity index (χ1n) is 5.35.